The van der Waals surface area contributed by atoms with Gasteiger partial charge in [0.05, 0.1) is 13.2 Å². The van der Waals surface area contributed by atoms with Crippen molar-refractivity contribution in [1.29, 1.82) is 0 Å². The summed E-state index contributed by atoms with van der Waals surface area (Å²) in [6, 6.07) is -0.147. The predicted octanol–water partition coefficient (Wildman–Crippen LogP) is 1.31. The Balaban J connectivity index is 1.63. The molecule has 104 valence electrons. The van der Waals surface area contributed by atoms with Gasteiger partial charge in [0.15, 0.2) is 0 Å². The van der Waals surface area contributed by atoms with Gasteiger partial charge in [-0.3, -0.25) is 4.79 Å². The molecule has 0 aromatic rings. The molecule has 1 saturated carbocycles. The van der Waals surface area contributed by atoms with Crippen molar-refractivity contribution in [1.82, 2.24) is 10.6 Å². The largest absolute Gasteiger partial charge is 0.378 e. The van der Waals surface area contributed by atoms with Crippen molar-refractivity contribution in [2.45, 2.75) is 45.1 Å². The Kier molecular flexibility index (Phi) is 5.45. The summed E-state index contributed by atoms with van der Waals surface area (Å²) in [5.41, 5.74) is 0. The van der Waals surface area contributed by atoms with Gasteiger partial charge in [-0.15, -0.1) is 0 Å². The number of ether oxygens (including phenoxy) is 1. The second-order valence-corrected chi connectivity index (χ2v) is 5.62. The predicted molar refractivity (Wildman–Crippen MR) is 71.4 cm³/mol. The van der Waals surface area contributed by atoms with Gasteiger partial charge in [0.2, 0.25) is 5.91 Å². The number of hydrogen-bond acceptors (Lipinski definition) is 3. The average molecular weight is 254 g/mol. The van der Waals surface area contributed by atoms with Gasteiger partial charge in [0.25, 0.3) is 0 Å². The lowest BCUT2D eigenvalue weighted by Gasteiger charge is -2.29. The summed E-state index contributed by atoms with van der Waals surface area (Å²) < 4.78 is 5.30. The van der Waals surface area contributed by atoms with Gasteiger partial charge in [-0.2, -0.15) is 0 Å². The molecular formula is C14H26N2O2. The Bertz CT molecular complexity index is 257. The Labute approximate surface area is 110 Å². The maximum absolute atomic E-state index is 11.9. The van der Waals surface area contributed by atoms with E-state index in [0.717, 1.165) is 19.0 Å². The lowest BCUT2D eigenvalue weighted by atomic mass is 9.81. The van der Waals surface area contributed by atoms with Gasteiger partial charge < -0.3 is 15.4 Å². The minimum Gasteiger partial charge on any atom is -0.378 e. The van der Waals surface area contributed by atoms with E-state index in [1.54, 1.807) is 0 Å². The molecule has 0 radical (unpaired) electrons. The van der Waals surface area contributed by atoms with Crippen LogP contribution in [0.3, 0.4) is 0 Å². The van der Waals surface area contributed by atoms with Crippen LogP contribution >= 0.6 is 0 Å². The third kappa shape index (κ3) is 3.95. The van der Waals surface area contributed by atoms with Gasteiger partial charge in [-0.05, 0) is 24.7 Å². The highest BCUT2D eigenvalue weighted by Gasteiger charge is 2.23. The fourth-order valence-corrected chi connectivity index (χ4v) is 2.95. The Hall–Kier alpha value is -0.610. The highest BCUT2D eigenvalue weighted by molar-refractivity contribution is 5.81. The fraction of sp³-hybridized carbons (Fsp3) is 0.929. The first-order valence-corrected chi connectivity index (χ1v) is 7.38. The molecule has 4 nitrogen and oxygen atoms in total. The first-order chi connectivity index (χ1) is 8.79. The van der Waals surface area contributed by atoms with E-state index in [-0.39, 0.29) is 11.9 Å². The summed E-state index contributed by atoms with van der Waals surface area (Å²) in [5, 5.41) is 6.26. The summed E-state index contributed by atoms with van der Waals surface area (Å²) in [5.74, 6) is 1.71. The SMILES string of the molecule is CCC1CCC(CNC(=O)C2COCCN2)CC1. The smallest absolute Gasteiger partial charge is 0.239 e. The first kappa shape index (κ1) is 13.8. The minimum absolute atomic E-state index is 0.104. The Morgan fingerprint density at radius 1 is 1.28 bits per heavy atom. The maximum Gasteiger partial charge on any atom is 0.239 e. The van der Waals surface area contributed by atoms with Crippen molar-refractivity contribution in [2.24, 2.45) is 11.8 Å². The lowest BCUT2D eigenvalue weighted by Crippen LogP contribution is -2.52. The number of nitrogens with one attached hydrogen (secondary N) is 2. The molecule has 1 amide bonds. The molecule has 4 heteroatoms. The molecule has 0 aromatic heterocycles. The van der Waals surface area contributed by atoms with Crippen molar-refractivity contribution in [3.63, 3.8) is 0 Å². The highest BCUT2D eigenvalue weighted by atomic mass is 16.5. The van der Waals surface area contributed by atoms with E-state index in [1.807, 2.05) is 0 Å². The summed E-state index contributed by atoms with van der Waals surface area (Å²) in [4.78, 5) is 11.9. The summed E-state index contributed by atoms with van der Waals surface area (Å²) in [6.45, 7) is 5.12. The zero-order chi connectivity index (χ0) is 12.8. The second kappa shape index (κ2) is 7.10. The van der Waals surface area contributed by atoms with E-state index in [2.05, 4.69) is 17.6 Å². The van der Waals surface area contributed by atoms with Gasteiger partial charge in [0.1, 0.15) is 6.04 Å². The van der Waals surface area contributed by atoms with E-state index in [1.165, 1.54) is 32.1 Å². The maximum atomic E-state index is 11.9. The van der Waals surface area contributed by atoms with Crippen LogP contribution in [0.15, 0.2) is 0 Å². The quantitative estimate of drug-likeness (QED) is 0.795. The number of hydrogen-bond donors (Lipinski definition) is 2. The minimum atomic E-state index is -0.147. The Morgan fingerprint density at radius 2 is 2.00 bits per heavy atom. The topological polar surface area (TPSA) is 50.4 Å². The van der Waals surface area contributed by atoms with Crippen LogP contribution in [0, 0.1) is 11.8 Å². The fourth-order valence-electron chi connectivity index (χ4n) is 2.95. The third-order valence-electron chi connectivity index (χ3n) is 4.35. The second-order valence-electron chi connectivity index (χ2n) is 5.62. The highest BCUT2D eigenvalue weighted by Crippen LogP contribution is 2.30. The number of rotatable bonds is 4. The van der Waals surface area contributed by atoms with E-state index in [4.69, 9.17) is 4.74 Å². The van der Waals surface area contributed by atoms with Crippen LogP contribution in [-0.2, 0) is 9.53 Å². The molecule has 1 heterocycles. The lowest BCUT2D eigenvalue weighted by molar-refractivity contribution is -0.126. The number of carbonyl (C=O) groups excluding carboxylic acids is 1. The molecule has 2 N–H and O–H groups in total. The Morgan fingerprint density at radius 3 is 2.61 bits per heavy atom. The van der Waals surface area contributed by atoms with Crippen LogP contribution in [0.4, 0.5) is 0 Å². The van der Waals surface area contributed by atoms with Crippen molar-refractivity contribution in [3.8, 4) is 0 Å². The summed E-state index contributed by atoms with van der Waals surface area (Å²) >= 11 is 0. The molecule has 0 spiro atoms. The summed E-state index contributed by atoms with van der Waals surface area (Å²) in [7, 11) is 0. The monoisotopic (exact) mass is 254 g/mol. The van der Waals surface area contributed by atoms with E-state index in [0.29, 0.717) is 19.1 Å². The molecule has 18 heavy (non-hydrogen) atoms. The van der Waals surface area contributed by atoms with Crippen molar-refractivity contribution in [2.75, 3.05) is 26.3 Å². The molecule has 1 saturated heterocycles. The molecule has 2 aliphatic rings. The van der Waals surface area contributed by atoms with Gasteiger partial charge in [-0.1, -0.05) is 26.2 Å². The van der Waals surface area contributed by atoms with Crippen molar-refractivity contribution in [3.05, 3.63) is 0 Å². The normalized spacial score (nSPS) is 33.1. The standard InChI is InChI=1S/C14H26N2O2/c1-2-11-3-5-12(6-4-11)9-16-14(17)13-10-18-8-7-15-13/h11-13,15H,2-10H2,1H3,(H,16,17). The average Bonchev–Trinajstić information content (AvgIpc) is 2.46. The molecule has 0 aromatic carbocycles. The molecule has 1 aliphatic carbocycles. The molecule has 1 atom stereocenters. The molecule has 1 aliphatic heterocycles. The number of carbonyl (C=O) groups is 1. The van der Waals surface area contributed by atoms with Crippen LogP contribution in [0.1, 0.15) is 39.0 Å². The van der Waals surface area contributed by atoms with Crippen LogP contribution < -0.4 is 10.6 Å². The van der Waals surface area contributed by atoms with Crippen LogP contribution in [0.5, 0.6) is 0 Å². The van der Waals surface area contributed by atoms with Crippen molar-refractivity contribution < 1.29 is 9.53 Å². The van der Waals surface area contributed by atoms with E-state index in [9.17, 15) is 4.79 Å². The van der Waals surface area contributed by atoms with Crippen LogP contribution in [0.2, 0.25) is 0 Å². The number of amides is 1. The van der Waals surface area contributed by atoms with E-state index >= 15 is 0 Å². The molecule has 2 fully saturated rings. The van der Waals surface area contributed by atoms with Crippen molar-refractivity contribution >= 4 is 5.91 Å². The summed E-state index contributed by atoms with van der Waals surface area (Å²) in [6.07, 6.45) is 6.52. The van der Waals surface area contributed by atoms with E-state index < -0.39 is 0 Å². The van der Waals surface area contributed by atoms with Crippen LogP contribution in [-0.4, -0.2) is 38.3 Å². The van der Waals surface area contributed by atoms with Gasteiger partial charge in [0, 0.05) is 13.1 Å². The van der Waals surface area contributed by atoms with Gasteiger partial charge in [-0.25, -0.2) is 0 Å². The number of morpholine rings is 1. The molecule has 0 bridgehead atoms. The molecule has 1 unspecified atom stereocenters. The third-order valence-corrected chi connectivity index (χ3v) is 4.35. The first-order valence-electron chi connectivity index (χ1n) is 7.38. The van der Waals surface area contributed by atoms with Gasteiger partial charge >= 0.3 is 0 Å². The molecular weight excluding hydrogens is 228 g/mol. The van der Waals surface area contributed by atoms with Crippen LogP contribution in [0.25, 0.3) is 0 Å². The zero-order valence-corrected chi connectivity index (χ0v) is 11.4. The molecule has 2 rings (SSSR count). The zero-order valence-electron chi connectivity index (χ0n) is 11.4.